The van der Waals surface area contributed by atoms with Gasteiger partial charge in [-0.05, 0) is 79.4 Å². The van der Waals surface area contributed by atoms with Gasteiger partial charge in [0.2, 0.25) is 0 Å². The Morgan fingerprint density at radius 2 is 1.48 bits per heavy atom. The molecule has 0 bridgehead atoms. The van der Waals surface area contributed by atoms with E-state index in [1.165, 1.54) is 0 Å². The molecule has 0 spiro atoms. The maximum absolute atomic E-state index is 10.5. The van der Waals surface area contributed by atoms with Gasteiger partial charge in [0.15, 0.2) is 0 Å². The van der Waals surface area contributed by atoms with Crippen LogP contribution in [-0.4, -0.2) is 44.8 Å². The molecule has 0 aliphatic heterocycles. The average molecular weight is 324 g/mol. The van der Waals surface area contributed by atoms with Crippen molar-refractivity contribution in [2.45, 2.75) is 83.2 Å². The van der Waals surface area contributed by atoms with Crippen molar-refractivity contribution in [1.29, 1.82) is 0 Å². The van der Waals surface area contributed by atoms with Crippen LogP contribution < -0.4 is 0 Å². The Hall–Kier alpha value is -0.160. The Morgan fingerprint density at radius 1 is 0.739 bits per heavy atom. The maximum atomic E-state index is 10.5. The van der Waals surface area contributed by atoms with Crippen molar-refractivity contribution in [1.82, 2.24) is 0 Å². The van der Waals surface area contributed by atoms with E-state index in [9.17, 15) is 20.4 Å². The van der Waals surface area contributed by atoms with Gasteiger partial charge in [0, 0.05) is 0 Å². The Morgan fingerprint density at radius 3 is 2.22 bits per heavy atom. The van der Waals surface area contributed by atoms with Crippen LogP contribution in [0.15, 0.2) is 0 Å². The van der Waals surface area contributed by atoms with Gasteiger partial charge in [0.05, 0.1) is 24.4 Å². The van der Waals surface area contributed by atoms with Crippen molar-refractivity contribution >= 4 is 0 Å². The first-order chi connectivity index (χ1) is 10.8. The molecule has 0 saturated heterocycles. The van der Waals surface area contributed by atoms with Gasteiger partial charge < -0.3 is 20.4 Å². The van der Waals surface area contributed by atoms with E-state index in [2.05, 4.69) is 13.8 Å². The van der Waals surface area contributed by atoms with Gasteiger partial charge in [-0.25, -0.2) is 0 Å². The molecule has 0 aromatic rings. The summed E-state index contributed by atoms with van der Waals surface area (Å²) in [5.74, 6) is 2.00. The van der Waals surface area contributed by atoms with E-state index in [-0.39, 0.29) is 10.8 Å². The molecule has 0 heterocycles. The van der Waals surface area contributed by atoms with Crippen LogP contribution >= 0.6 is 0 Å². The van der Waals surface area contributed by atoms with Gasteiger partial charge in [-0.1, -0.05) is 13.8 Å². The zero-order valence-corrected chi connectivity index (χ0v) is 14.4. The fourth-order valence-electron chi connectivity index (χ4n) is 7.26. The van der Waals surface area contributed by atoms with Crippen molar-refractivity contribution < 1.29 is 20.4 Å². The van der Waals surface area contributed by atoms with Crippen LogP contribution in [0.2, 0.25) is 0 Å². The van der Waals surface area contributed by atoms with E-state index in [0.717, 1.165) is 38.5 Å². The Kier molecular flexibility index (Phi) is 3.67. The number of aliphatic hydroxyl groups excluding tert-OH is 4. The number of aliphatic hydroxyl groups is 4. The summed E-state index contributed by atoms with van der Waals surface area (Å²) in [5.41, 5.74) is -0.0437. The van der Waals surface area contributed by atoms with E-state index in [4.69, 9.17) is 0 Å². The molecule has 0 amide bonds. The number of rotatable bonds is 0. The summed E-state index contributed by atoms with van der Waals surface area (Å²) >= 11 is 0. The molecule has 4 aliphatic carbocycles. The Bertz CT molecular complexity index is 482. The van der Waals surface area contributed by atoms with Gasteiger partial charge >= 0.3 is 0 Å². The highest BCUT2D eigenvalue weighted by atomic mass is 16.3. The molecular formula is C19H32O4. The number of fused-ring (bicyclic) bond motifs is 5. The van der Waals surface area contributed by atoms with Crippen LogP contribution in [0.25, 0.3) is 0 Å². The van der Waals surface area contributed by atoms with E-state index in [1.807, 2.05) is 0 Å². The first-order valence-electron chi connectivity index (χ1n) is 9.49. The smallest absolute Gasteiger partial charge is 0.0855 e. The van der Waals surface area contributed by atoms with Crippen LogP contribution in [0.5, 0.6) is 0 Å². The lowest BCUT2D eigenvalue weighted by Crippen LogP contribution is -2.57. The molecule has 0 aromatic carbocycles. The van der Waals surface area contributed by atoms with Crippen LogP contribution in [-0.2, 0) is 0 Å². The summed E-state index contributed by atoms with van der Waals surface area (Å²) in [6.45, 7) is 4.50. The predicted molar refractivity (Wildman–Crippen MR) is 86.5 cm³/mol. The largest absolute Gasteiger partial charge is 0.390 e. The fourth-order valence-corrected chi connectivity index (χ4v) is 7.26. The lowest BCUT2D eigenvalue weighted by atomic mass is 9.45. The monoisotopic (exact) mass is 324 g/mol. The summed E-state index contributed by atoms with van der Waals surface area (Å²) in [5, 5.41) is 41.1. The van der Waals surface area contributed by atoms with E-state index < -0.39 is 24.4 Å². The van der Waals surface area contributed by atoms with Gasteiger partial charge in [-0.2, -0.15) is 0 Å². The minimum absolute atomic E-state index is 0.0986. The molecule has 132 valence electrons. The molecule has 0 aromatic heterocycles. The highest BCUT2D eigenvalue weighted by Gasteiger charge is 2.62. The van der Waals surface area contributed by atoms with Crippen LogP contribution in [0.1, 0.15) is 58.8 Å². The molecule has 4 aliphatic rings. The molecule has 4 rings (SSSR count). The van der Waals surface area contributed by atoms with Gasteiger partial charge in [-0.15, -0.1) is 0 Å². The lowest BCUT2D eigenvalue weighted by molar-refractivity contribution is -0.163. The fraction of sp³-hybridized carbons (Fsp3) is 1.00. The van der Waals surface area contributed by atoms with Gasteiger partial charge in [0.1, 0.15) is 0 Å². The van der Waals surface area contributed by atoms with Crippen LogP contribution in [0, 0.1) is 34.5 Å². The third-order valence-electron chi connectivity index (χ3n) is 8.66. The summed E-state index contributed by atoms with van der Waals surface area (Å²) in [6.07, 6.45) is 4.15. The van der Waals surface area contributed by atoms with Gasteiger partial charge in [-0.3, -0.25) is 0 Å². The maximum Gasteiger partial charge on any atom is 0.0855 e. The number of hydrogen-bond acceptors (Lipinski definition) is 4. The zero-order chi connectivity index (χ0) is 16.6. The van der Waals surface area contributed by atoms with Gasteiger partial charge in [0.25, 0.3) is 0 Å². The summed E-state index contributed by atoms with van der Waals surface area (Å²) in [6, 6.07) is 0. The molecule has 4 nitrogen and oxygen atoms in total. The minimum atomic E-state index is -0.594. The second kappa shape index (κ2) is 5.17. The summed E-state index contributed by atoms with van der Waals surface area (Å²) in [4.78, 5) is 0. The molecule has 1 unspecified atom stereocenters. The summed E-state index contributed by atoms with van der Waals surface area (Å²) < 4.78 is 0. The minimum Gasteiger partial charge on any atom is -0.390 e. The first-order valence-corrected chi connectivity index (χ1v) is 9.49. The topological polar surface area (TPSA) is 80.9 Å². The normalized spacial score (nSPS) is 62.3. The third-order valence-corrected chi connectivity index (χ3v) is 8.66. The average Bonchev–Trinajstić information content (AvgIpc) is 2.73. The Labute approximate surface area is 138 Å². The van der Waals surface area contributed by atoms with Crippen LogP contribution in [0.4, 0.5) is 0 Å². The molecule has 0 radical (unpaired) electrons. The van der Waals surface area contributed by atoms with Crippen molar-refractivity contribution in [3.8, 4) is 0 Å². The van der Waals surface area contributed by atoms with Crippen molar-refractivity contribution in [2.24, 2.45) is 34.5 Å². The second-order valence-electron chi connectivity index (χ2n) is 9.52. The predicted octanol–water partition coefficient (Wildman–Crippen LogP) is 1.69. The molecule has 4 saturated carbocycles. The Balaban J connectivity index is 1.64. The van der Waals surface area contributed by atoms with Crippen molar-refractivity contribution in [3.63, 3.8) is 0 Å². The number of hydrogen-bond donors (Lipinski definition) is 4. The first kappa shape index (κ1) is 16.3. The quantitative estimate of drug-likeness (QED) is 0.547. The molecular weight excluding hydrogens is 292 g/mol. The molecule has 4 N–H and O–H groups in total. The van der Waals surface area contributed by atoms with E-state index in [0.29, 0.717) is 30.1 Å². The highest BCUT2D eigenvalue weighted by Crippen LogP contribution is 2.66. The van der Waals surface area contributed by atoms with E-state index in [1.54, 1.807) is 0 Å². The zero-order valence-electron chi connectivity index (χ0n) is 14.4. The standard InChI is InChI=1S/C19H32O4/c1-18-6-5-12-11(13(18)8-15(21)17(18)23)4-3-10-7-14(20)16(22)9-19(10,12)2/h10-17,20-23H,3-9H2,1-2H3/t10?,11-,12+,13+,14+,15-,16+,17+,18+,19+/m1/s1. The highest BCUT2D eigenvalue weighted by molar-refractivity contribution is 5.12. The lowest BCUT2D eigenvalue weighted by Gasteiger charge is -2.61. The molecule has 10 atom stereocenters. The van der Waals surface area contributed by atoms with E-state index >= 15 is 0 Å². The summed E-state index contributed by atoms with van der Waals surface area (Å²) in [7, 11) is 0. The molecule has 23 heavy (non-hydrogen) atoms. The molecule has 4 fully saturated rings. The second-order valence-corrected chi connectivity index (χ2v) is 9.52. The van der Waals surface area contributed by atoms with Crippen LogP contribution in [0.3, 0.4) is 0 Å². The van der Waals surface area contributed by atoms with Crippen molar-refractivity contribution in [3.05, 3.63) is 0 Å². The SMILES string of the molecule is C[C@]12CC[C@H]3[C@@H](CCC4C[C@H](O)[C@@H](O)C[C@@]43C)[C@@H]1C[C@@H](O)[C@@H]2O. The molecule has 4 heteroatoms. The third kappa shape index (κ3) is 2.11. The van der Waals surface area contributed by atoms with Crippen molar-refractivity contribution in [2.75, 3.05) is 0 Å².